The van der Waals surface area contributed by atoms with Gasteiger partial charge in [0.1, 0.15) is 0 Å². The van der Waals surface area contributed by atoms with E-state index in [1.807, 2.05) is 0 Å². The minimum atomic E-state index is 0.543. The maximum absolute atomic E-state index is 5.49. The maximum Gasteiger partial charge on any atom is 0.182 e. The van der Waals surface area contributed by atoms with Gasteiger partial charge in [0.05, 0.1) is 11.0 Å². The Morgan fingerprint density at radius 1 is 1.05 bits per heavy atom. The van der Waals surface area contributed by atoms with E-state index < -0.39 is 0 Å². The fourth-order valence-corrected chi connectivity index (χ4v) is 2.89. The molecule has 3 rings (SSSR count). The first-order valence-electron chi connectivity index (χ1n) is 6.88. The Hall–Kier alpha value is -1.87. The van der Waals surface area contributed by atoms with E-state index in [0.29, 0.717) is 5.92 Å². The molecule has 0 bridgehead atoms. The fourth-order valence-electron chi connectivity index (χ4n) is 2.58. The molecule has 1 heterocycles. The first-order chi connectivity index (χ1) is 9.58. The highest BCUT2D eigenvalue weighted by Gasteiger charge is 2.09. The molecule has 0 aliphatic heterocycles. The van der Waals surface area contributed by atoms with Gasteiger partial charge in [0.2, 0.25) is 0 Å². The van der Waals surface area contributed by atoms with Crippen LogP contribution in [0.5, 0.6) is 0 Å². The van der Waals surface area contributed by atoms with Crippen molar-refractivity contribution < 1.29 is 0 Å². The normalized spacial score (nSPS) is 11.4. The standard InChI is InChI=1S/C17H18N2S/c1-11(2)13-7-9-14(10-8-13)19-16-12(3)5-4-6-15(16)18-17(19)20/h4-11H,1-3H3,(H,18,20). The van der Waals surface area contributed by atoms with E-state index in [1.165, 1.54) is 11.1 Å². The zero-order valence-corrected chi connectivity index (χ0v) is 12.8. The Balaban J connectivity index is 2.24. The number of rotatable bonds is 2. The van der Waals surface area contributed by atoms with E-state index in [1.54, 1.807) is 0 Å². The molecule has 0 saturated heterocycles. The summed E-state index contributed by atoms with van der Waals surface area (Å²) in [6.07, 6.45) is 0. The number of aryl methyl sites for hydroxylation is 1. The first kappa shape index (κ1) is 13.1. The van der Waals surface area contributed by atoms with Crippen molar-refractivity contribution in [3.63, 3.8) is 0 Å². The molecule has 0 radical (unpaired) electrons. The molecule has 0 unspecified atom stereocenters. The van der Waals surface area contributed by atoms with Crippen LogP contribution in [-0.2, 0) is 0 Å². The van der Waals surface area contributed by atoms with Crippen LogP contribution in [0.4, 0.5) is 0 Å². The van der Waals surface area contributed by atoms with Gasteiger partial charge in [-0.1, -0.05) is 38.1 Å². The molecule has 0 atom stereocenters. The van der Waals surface area contributed by atoms with Crippen LogP contribution in [0.15, 0.2) is 42.5 Å². The Bertz CT molecular complexity index is 807. The molecule has 0 aliphatic rings. The highest BCUT2D eigenvalue weighted by Crippen LogP contribution is 2.24. The lowest BCUT2D eigenvalue weighted by atomic mass is 10.0. The second-order valence-electron chi connectivity index (χ2n) is 5.48. The summed E-state index contributed by atoms with van der Waals surface area (Å²) >= 11 is 5.49. The Kier molecular flexibility index (Phi) is 3.22. The minimum absolute atomic E-state index is 0.543. The summed E-state index contributed by atoms with van der Waals surface area (Å²) in [5, 5.41) is 0. The smallest absolute Gasteiger partial charge is 0.182 e. The summed E-state index contributed by atoms with van der Waals surface area (Å²) in [7, 11) is 0. The topological polar surface area (TPSA) is 20.7 Å². The Morgan fingerprint density at radius 3 is 2.40 bits per heavy atom. The van der Waals surface area contributed by atoms with Gasteiger partial charge in [0.25, 0.3) is 0 Å². The van der Waals surface area contributed by atoms with Gasteiger partial charge < -0.3 is 4.98 Å². The molecular weight excluding hydrogens is 264 g/mol. The molecule has 2 aromatic carbocycles. The number of para-hydroxylation sites is 1. The molecule has 102 valence electrons. The third-order valence-corrected chi connectivity index (χ3v) is 4.01. The van der Waals surface area contributed by atoms with Crippen LogP contribution in [0, 0.1) is 11.7 Å². The van der Waals surface area contributed by atoms with Gasteiger partial charge in [-0.25, -0.2) is 0 Å². The summed E-state index contributed by atoms with van der Waals surface area (Å²) < 4.78 is 2.86. The van der Waals surface area contributed by atoms with Crippen LogP contribution >= 0.6 is 12.2 Å². The maximum atomic E-state index is 5.49. The number of nitrogens with zero attached hydrogens (tertiary/aromatic N) is 1. The monoisotopic (exact) mass is 282 g/mol. The van der Waals surface area contributed by atoms with Gasteiger partial charge in [-0.15, -0.1) is 0 Å². The minimum Gasteiger partial charge on any atom is -0.330 e. The van der Waals surface area contributed by atoms with Crippen LogP contribution < -0.4 is 0 Å². The van der Waals surface area contributed by atoms with E-state index in [4.69, 9.17) is 12.2 Å². The summed E-state index contributed by atoms with van der Waals surface area (Å²) in [5.74, 6) is 0.543. The van der Waals surface area contributed by atoms with Crippen LogP contribution in [-0.4, -0.2) is 9.55 Å². The summed E-state index contributed by atoms with van der Waals surface area (Å²) in [5.41, 5.74) is 5.93. The van der Waals surface area contributed by atoms with Crippen LogP contribution in [0.2, 0.25) is 0 Å². The molecular formula is C17H18N2S. The predicted molar refractivity (Wildman–Crippen MR) is 87.3 cm³/mol. The number of imidazole rings is 1. The average molecular weight is 282 g/mol. The molecule has 0 fully saturated rings. The summed E-state index contributed by atoms with van der Waals surface area (Å²) in [6, 6.07) is 14.9. The highest BCUT2D eigenvalue weighted by atomic mass is 32.1. The molecule has 3 heteroatoms. The van der Waals surface area contributed by atoms with Crippen LogP contribution in [0.3, 0.4) is 0 Å². The predicted octanol–water partition coefficient (Wildman–Crippen LogP) is 5.12. The van der Waals surface area contributed by atoms with Crippen LogP contribution in [0.25, 0.3) is 16.7 Å². The van der Waals surface area contributed by atoms with Crippen molar-refractivity contribution in [1.29, 1.82) is 0 Å². The molecule has 0 amide bonds. The quantitative estimate of drug-likeness (QED) is 0.647. The molecule has 0 aliphatic carbocycles. The lowest BCUT2D eigenvalue weighted by Crippen LogP contribution is -1.96. The second kappa shape index (κ2) is 4.91. The number of aromatic nitrogens is 2. The van der Waals surface area contributed by atoms with Gasteiger partial charge in [-0.3, -0.25) is 4.57 Å². The third-order valence-electron chi connectivity index (χ3n) is 3.72. The van der Waals surface area contributed by atoms with E-state index in [9.17, 15) is 0 Å². The number of hydrogen-bond donors (Lipinski definition) is 1. The van der Waals surface area contributed by atoms with Crippen molar-refractivity contribution in [2.45, 2.75) is 26.7 Å². The largest absolute Gasteiger partial charge is 0.330 e. The van der Waals surface area contributed by atoms with Crippen molar-refractivity contribution in [2.75, 3.05) is 0 Å². The van der Waals surface area contributed by atoms with Gasteiger partial charge >= 0.3 is 0 Å². The van der Waals surface area contributed by atoms with Crippen molar-refractivity contribution in [2.24, 2.45) is 0 Å². The lowest BCUT2D eigenvalue weighted by molar-refractivity contribution is 0.865. The molecule has 0 saturated carbocycles. The lowest BCUT2D eigenvalue weighted by Gasteiger charge is -2.09. The second-order valence-corrected chi connectivity index (χ2v) is 5.87. The molecule has 3 aromatic rings. The van der Waals surface area contributed by atoms with Crippen molar-refractivity contribution in [3.8, 4) is 5.69 Å². The van der Waals surface area contributed by atoms with Crippen molar-refractivity contribution in [3.05, 3.63) is 58.4 Å². The molecule has 1 N–H and O–H groups in total. The zero-order chi connectivity index (χ0) is 14.3. The van der Waals surface area contributed by atoms with E-state index in [-0.39, 0.29) is 0 Å². The zero-order valence-electron chi connectivity index (χ0n) is 12.0. The molecule has 1 aromatic heterocycles. The van der Waals surface area contributed by atoms with Gasteiger partial charge in [-0.05, 0) is 54.4 Å². The number of H-pyrrole nitrogens is 1. The number of nitrogens with one attached hydrogen (secondary N) is 1. The Morgan fingerprint density at radius 2 is 1.75 bits per heavy atom. The molecule has 0 spiro atoms. The van der Waals surface area contributed by atoms with Crippen molar-refractivity contribution >= 4 is 23.3 Å². The Labute approximate surface area is 124 Å². The van der Waals surface area contributed by atoms with Gasteiger partial charge in [0.15, 0.2) is 4.77 Å². The fraction of sp³-hybridized carbons (Fsp3) is 0.235. The van der Waals surface area contributed by atoms with Gasteiger partial charge in [-0.2, -0.15) is 0 Å². The van der Waals surface area contributed by atoms with Gasteiger partial charge in [0, 0.05) is 5.69 Å². The van der Waals surface area contributed by atoms with Crippen LogP contribution in [0.1, 0.15) is 30.9 Å². The highest BCUT2D eigenvalue weighted by molar-refractivity contribution is 7.71. The van der Waals surface area contributed by atoms with Crippen molar-refractivity contribution in [1.82, 2.24) is 9.55 Å². The number of fused-ring (bicyclic) bond motifs is 1. The summed E-state index contributed by atoms with van der Waals surface area (Å²) in [6.45, 7) is 6.52. The first-order valence-corrected chi connectivity index (χ1v) is 7.29. The van der Waals surface area contributed by atoms with E-state index in [0.717, 1.165) is 21.5 Å². The number of hydrogen-bond acceptors (Lipinski definition) is 1. The number of benzene rings is 2. The third kappa shape index (κ3) is 2.08. The van der Waals surface area contributed by atoms with E-state index >= 15 is 0 Å². The molecule has 2 nitrogen and oxygen atoms in total. The number of aromatic amines is 1. The molecule has 20 heavy (non-hydrogen) atoms. The average Bonchev–Trinajstić information content (AvgIpc) is 2.76. The SMILES string of the molecule is Cc1cccc2[nH]c(=S)n(-c3ccc(C(C)C)cc3)c12. The summed E-state index contributed by atoms with van der Waals surface area (Å²) in [4.78, 5) is 3.28. The van der Waals surface area contributed by atoms with E-state index in [2.05, 4.69) is 72.8 Å².